The van der Waals surface area contributed by atoms with Gasteiger partial charge in [0.25, 0.3) is 0 Å². The summed E-state index contributed by atoms with van der Waals surface area (Å²) in [7, 11) is 0. The first-order chi connectivity index (χ1) is 8.56. The Balaban J connectivity index is 2.52. The van der Waals surface area contributed by atoms with E-state index in [2.05, 4.69) is 15.9 Å². The molecule has 0 saturated carbocycles. The average molecular weight is 317 g/mol. The van der Waals surface area contributed by atoms with E-state index in [9.17, 15) is 13.9 Å². The van der Waals surface area contributed by atoms with E-state index in [1.807, 2.05) is 6.92 Å². The zero-order chi connectivity index (χ0) is 13.3. The third kappa shape index (κ3) is 2.20. The summed E-state index contributed by atoms with van der Waals surface area (Å²) in [5, 5.41) is 10.1. The van der Waals surface area contributed by atoms with Crippen LogP contribution in [-0.4, -0.2) is 5.11 Å². The summed E-state index contributed by atoms with van der Waals surface area (Å²) in [5.41, 5.74) is 0.00822. The molecule has 0 radical (unpaired) electrons. The predicted molar refractivity (Wildman–Crippen MR) is 66.2 cm³/mol. The molecule has 1 unspecified atom stereocenters. The number of halogens is 3. The van der Waals surface area contributed by atoms with Gasteiger partial charge in [0, 0.05) is 12.0 Å². The van der Waals surface area contributed by atoms with Crippen LogP contribution in [0.4, 0.5) is 8.78 Å². The fourth-order valence-corrected chi connectivity index (χ4v) is 2.18. The molecule has 2 rings (SSSR count). The first-order valence-corrected chi connectivity index (χ1v) is 6.23. The summed E-state index contributed by atoms with van der Waals surface area (Å²) in [4.78, 5) is 0. The van der Waals surface area contributed by atoms with Crippen LogP contribution in [0.15, 0.2) is 33.4 Å². The van der Waals surface area contributed by atoms with Crippen molar-refractivity contribution in [1.29, 1.82) is 0 Å². The van der Waals surface area contributed by atoms with Crippen LogP contribution in [0.2, 0.25) is 0 Å². The minimum Gasteiger partial charge on any atom is -0.469 e. The summed E-state index contributed by atoms with van der Waals surface area (Å²) in [6.45, 7) is 1.84. The van der Waals surface area contributed by atoms with Crippen molar-refractivity contribution in [2.24, 2.45) is 0 Å². The minimum absolute atomic E-state index is 0.111. The lowest BCUT2D eigenvalue weighted by molar-refractivity contribution is 0.206. The first-order valence-electron chi connectivity index (χ1n) is 5.44. The van der Waals surface area contributed by atoms with Crippen molar-refractivity contribution >= 4 is 15.9 Å². The van der Waals surface area contributed by atoms with Gasteiger partial charge in [-0.1, -0.05) is 6.92 Å². The van der Waals surface area contributed by atoms with Gasteiger partial charge in [0.05, 0.1) is 16.3 Å². The van der Waals surface area contributed by atoms with Gasteiger partial charge in [-0.05, 0) is 34.1 Å². The van der Waals surface area contributed by atoms with Crippen molar-refractivity contribution in [3.8, 4) is 0 Å². The molecule has 1 heterocycles. The van der Waals surface area contributed by atoms with Crippen molar-refractivity contribution in [3.05, 3.63) is 57.5 Å². The fourth-order valence-electron chi connectivity index (χ4n) is 1.83. The van der Waals surface area contributed by atoms with E-state index in [0.29, 0.717) is 17.7 Å². The molecule has 18 heavy (non-hydrogen) atoms. The lowest BCUT2D eigenvalue weighted by atomic mass is 10.00. The van der Waals surface area contributed by atoms with E-state index in [0.717, 1.165) is 6.07 Å². The van der Waals surface area contributed by atoms with Crippen molar-refractivity contribution in [2.75, 3.05) is 0 Å². The summed E-state index contributed by atoms with van der Waals surface area (Å²) in [6.07, 6.45) is 0.554. The zero-order valence-electron chi connectivity index (χ0n) is 9.58. The molecular weight excluding hydrogens is 306 g/mol. The maximum atomic E-state index is 13.9. The maximum absolute atomic E-state index is 13.9. The van der Waals surface area contributed by atoms with Crippen LogP contribution in [0, 0.1) is 11.6 Å². The Kier molecular flexibility index (Phi) is 3.82. The standard InChI is InChI=1S/C13H11BrF2O2/c1-2-10-7(5-6-18-10)13(17)11-9(15)4-3-8(14)12(11)16/h3-6,13,17H,2H2,1H3. The van der Waals surface area contributed by atoms with Gasteiger partial charge < -0.3 is 9.52 Å². The monoisotopic (exact) mass is 316 g/mol. The molecule has 0 amide bonds. The Morgan fingerprint density at radius 3 is 2.72 bits per heavy atom. The fraction of sp³-hybridized carbons (Fsp3) is 0.231. The third-order valence-corrected chi connectivity index (χ3v) is 3.36. The van der Waals surface area contributed by atoms with E-state index in [1.54, 1.807) is 0 Å². The van der Waals surface area contributed by atoms with Crippen molar-refractivity contribution < 1.29 is 18.3 Å². The van der Waals surface area contributed by atoms with Crippen LogP contribution >= 0.6 is 15.9 Å². The van der Waals surface area contributed by atoms with Crippen molar-refractivity contribution in [1.82, 2.24) is 0 Å². The summed E-state index contributed by atoms with van der Waals surface area (Å²) < 4.78 is 32.8. The highest BCUT2D eigenvalue weighted by Gasteiger charge is 2.24. The summed E-state index contributed by atoms with van der Waals surface area (Å²) in [5.74, 6) is -1.07. The molecule has 2 nitrogen and oxygen atoms in total. The van der Waals surface area contributed by atoms with Crippen molar-refractivity contribution in [3.63, 3.8) is 0 Å². The SMILES string of the molecule is CCc1occc1C(O)c1c(F)ccc(Br)c1F. The average Bonchev–Trinajstić information content (AvgIpc) is 2.82. The summed E-state index contributed by atoms with van der Waals surface area (Å²) >= 11 is 2.97. The largest absolute Gasteiger partial charge is 0.469 e. The van der Waals surface area contributed by atoms with Gasteiger partial charge in [0.15, 0.2) is 0 Å². The second-order valence-electron chi connectivity index (χ2n) is 3.81. The van der Waals surface area contributed by atoms with Gasteiger partial charge in [-0.15, -0.1) is 0 Å². The Bertz CT molecular complexity index is 566. The van der Waals surface area contributed by atoms with Gasteiger partial charge in [0.2, 0.25) is 0 Å². The number of furan rings is 1. The quantitative estimate of drug-likeness (QED) is 0.869. The number of hydrogen-bond donors (Lipinski definition) is 1. The number of rotatable bonds is 3. The van der Waals surface area contributed by atoms with E-state index in [-0.39, 0.29) is 10.0 Å². The van der Waals surface area contributed by atoms with E-state index in [4.69, 9.17) is 4.42 Å². The van der Waals surface area contributed by atoms with Gasteiger partial charge in [0.1, 0.15) is 23.5 Å². The highest BCUT2D eigenvalue weighted by Crippen LogP contribution is 2.32. The molecular formula is C13H11BrF2O2. The molecule has 0 saturated heterocycles. The Morgan fingerprint density at radius 1 is 1.33 bits per heavy atom. The highest BCUT2D eigenvalue weighted by molar-refractivity contribution is 9.10. The molecule has 0 spiro atoms. The molecule has 0 aliphatic heterocycles. The van der Waals surface area contributed by atoms with Crippen molar-refractivity contribution in [2.45, 2.75) is 19.4 Å². The lowest BCUT2D eigenvalue weighted by Gasteiger charge is -2.13. The molecule has 0 aliphatic rings. The van der Waals surface area contributed by atoms with E-state index >= 15 is 0 Å². The second-order valence-corrected chi connectivity index (χ2v) is 4.67. The zero-order valence-corrected chi connectivity index (χ0v) is 11.2. The van der Waals surface area contributed by atoms with Crippen LogP contribution in [0.1, 0.15) is 29.9 Å². The number of aliphatic hydroxyl groups excluding tert-OH is 1. The van der Waals surface area contributed by atoms with Crippen LogP contribution in [0.25, 0.3) is 0 Å². The topological polar surface area (TPSA) is 33.4 Å². The number of aryl methyl sites for hydroxylation is 1. The normalized spacial score (nSPS) is 12.7. The van der Waals surface area contributed by atoms with Gasteiger partial charge in [-0.2, -0.15) is 0 Å². The molecule has 0 aliphatic carbocycles. The lowest BCUT2D eigenvalue weighted by Crippen LogP contribution is -2.07. The number of aliphatic hydroxyl groups is 1. The molecule has 5 heteroatoms. The third-order valence-electron chi connectivity index (χ3n) is 2.75. The maximum Gasteiger partial charge on any atom is 0.146 e. The summed E-state index contributed by atoms with van der Waals surface area (Å²) in [6, 6.07) is 3.89. The Morgan fingerprint density at radius 2 is 2.06 bits per heavy atom. The molecule has 2 aromatic rings. The van der Waals surface area contributed by atoms with Gasteiger partial charge in [-0.25, -0.2) is 8.78 Å². The number of benzene rings is 1. The molecule has 0 bridgehead atoms. The Hall–Kier alpha value is -1.20. The first kappa shape index (κ1) is 13.2. The van der Waals surface area contributed by atoms with Gasteiger partial charge >= 0.3 is 0 Å². The molecule has 0 fully saturated rings. The molecule has 1 aromatic heterocycles. The minimum atomic E-state index is -1.38. The molecule has 1 aromatic carbocycles. The number of hydrogen-bond acceptors (Lipinski definition) is 2. The van der Waals surface area contributed by atoms with Crippen LogP contribution < -0.4 is 0 Å². The van der Waals surface area contributed by atoms with E-state index < -0.39 is 17.7 Å². The van der Waals surface area contributed by atoms with Crippen LogP contribution in [0.3, 0.4) is 0 Å². The highest BCUT2D eigenvalue weighted by atomic mass is 79.9. The Labute approximate surface area is 111 Å². The molecule has 1 N–H and O–H groups in total. The second kappa shape index (κ2) is 5.20. The van der Waals surface area contributed by atoms with Crippen LogP contribution in [-0.2, 0) is 6.42 Å². The molecule has 1 atom stereocenters. The van der Waals surface area contributed by atoms with Crippen LogP contribution in [0.5, 0.6) is 0 Å². The van der Waals surface area contributed by atoms with E-state index in [1.165, 1.54) is 18.4 Å². The predicted octanol–water partition coefficient (Wildman–Crippen LogP) is 3.96. The smallest absolute Gasteiger partial charge is 0.146 e. The van der Waals surface area contributed by atoms with Gasteiger partial charge in [-0.3, -0.25) is 0 Å². The molecule has 96 valence electrons.